The Balaban J connectivity index is 1.98. The second kappa shape index (κ2) is 7.56. The molecule has 0 amide bonds. The highest BCUT2D eigenvalue weighted by molar-refractivity contribution is 7.93. The molecular weight excluding hydrogens is 363 g/mol. The molecular formula is C17H23O6PS. The average Bonchev–Trinajstić information content (AvgIpc) is 2.51. The van der Waals surface area contributed by atoms with Crippen LogP contribution in [0.4, 0.5) is 0 Å². The van der Waals surface area contributed by atoms with Crippen LogP contribution in [0.15, 0.2) is 54.6 Å². The van der Waals surface area contributed by atoms with Crippen molar-refractivity contribution in [2.24, 2.45) is 5.41 Å². The minimum absolute atomic E-state index is 0.176. The molecule has 0 heterocycles. The molecule has 2 rings (SSSR count). The zero-order valence-electron chi connectivity index (χ0n) is 13.9. The summed E-state index contributed by atoms with van der Waals surface area (Å²) in [5, 5.41) is 0. The average molecular weight is 386 g/mol. The highest BCUT2D eigenvalue weighted by Gasteiger charge is 2.39. The Morgan fingerprint density at radius 3 is 2.20 bits per heavy atom. The lowest BCUT2D eigenvalue weighted by molar-refractivity contribution is 0.356. The maximum absolute atomic E-state index is 11.3. The number of allylic oxidation sites excluding steroid dienone is 4. The molecule has 138 valence electrons. The first-order valence-electron chi connectivity index (χ1n) is 7.96. The van der Waals surface area contributed by atoms with Gasteiger partial charge in [-0.05, 0) is 18.4 Å². The van der Waals surface area contributed by atoms with Gasteiger partial charge >= 0.3 is 7.60 Å². The van der Waals surface area contributed by atoms with Crippen molar-refractivity contribution in [3.05, 3.63) is 60.2 Å². The van der Waals surface area contributed by atoms with Crippen LogP contribution in [0.2, 0.25) is 0 Å². The molecule has 0 aromatic heterocycles. The first-order valence-corrected chi connectivity index (χ1v) is 11.1. The summed E-state index contributed by atoms with van der Waals surface area (Å²) in [6.07, 6.45) is 8.69. The van der Waals surface area contributed by atoms with Crippen molar-refractivity contribution in [2.75, 3.05) is 0 Å². The summed E-state index contributed by atoms with van der Waals surface area (Å²) in [5.41, 5.74) is 0.856. The standard InChI is InChI=1S/C17H23O6PS/c1-17(11-5-8-16(24(18,19)20)25(21,22)23)12-9-15(10-13-17)14-6-3-2-4-7-14/h2-4,6-7,9-10,12-13,15-16H,5,8,11H2,1H3,(H2,18,19,20)(H,21,22,23). The minimum Gasteiger partial charge on any atom is -0.323 e. The molecule has 0 radical (unpaired) electrons. The Labute approximate surface area is 148 Å². The van der Waals surface area contributed by atoms with Gasteiger partial charge in [-0.3, -0.25) is 9.12 Å². The second-order valence-corrected chi connectivity index (χ2v) is 10.4. The fourth-order valence-corrected chi connectivity index (χ4v) is 5.35. The maximum Gasteiger partial charge on any atom is 0.346 e. The lowest BCUT2D eigenvalue weighted by Crippen LogP contribution is -2.22. The van der Waals surface area contributed by atoms with Crippen LogP contribution in [-0.4, -0.2) is 27.7 Å². The normalized spacial score (nSPS) is 25.0. The number of hydrogen-bond acceptors (Lipinski definition) is 3. The van der Waals surface area contributed by atoms with E-state index in [1.165, 1.54) is 5.56 Å². The van der Waals surface area contributed by atoms with Gasteiger partial charge in [0.1, 0.15) is 0 Å². The first-order chi connectivity index (χ1) is 11.5. The van der Waals surface area contributed by atoms with E-state index in [0.29, 0.717) is 6.42 Å². The van der Waals surface area contributed by atoms with Gasteiger partial charge < -0.3 is 9.79 Å². The largest absolute Gasteiger partial charge is 0.346 e. The molecule has 3 N–H and O–H groups in total. The van der Waals surface area contributed by atoms with Crippen LogP contribution in [0.25, 0.3) is 0 Å². The molecule has 0 bridgehead atoms. The molecule has 0 spiro atoms. The van der Waals surface area contributed by atoms with E-state index in [0.717, 1.165) is 0 Å². The van der Waals surface area contributed by atoms with Crippen molar-refractivity contribution in [3.8, 4) is 0 Å². The Hall–Kier alpha value is -1.24. The van der Waals surface area contributed by atoms with Gasteiger partial charge in [0.05, 0.1) is 0 Å². The van der Waals surface area contributed by atoms with Gasteiger partial charge in [-0.25, -0.2) is 0 Å². The van der Waals surface area contributed by atoms with Crippen LogP contribution in [-0.2, 0) is 14.7 Å². The molecule has 1 aromatic carbocycles. The molecule has 0 aliphatic heterocycles. The zero-order chi connectivity index (χ0) is 18.7. The van der Waals surface area contributed by atoms with E-state index in [9.17, 15) is 13.0 Å². The third-order valence-corrected chi connectivity index (χ3v) is 7.99. The van der Waals surface area contributed by atoms with Crippen LogP contribution >= 0.6 is 7.60 Å². The summed E-state index contributed by atoms with van der Waals surface area (Å²) in [4.78, 5) is 16.2. The van der Waals surface area contributed by atoms with Gasteiger partial charge in [-0.2, -0.15) is 8.42 Å². The Bertz CT molecular complexity index is 780. The molecule has 1 unspecified atom stereocenters. The topological polar surface area (TPSA) is 112 Å². The molecule has 6 nitrogen and oxygen atoms in total. The predicted octanol–water partition coefficient (Wildman–Crippen LogP) is 3.46. The lowest BCUT2D eigenvalue weighted by atomic mass is 9.78. The van der Waals surface area contributed by atoms with Crippen molar-refractivity contribution < 1.29 is 27.3 Å². The molecule has 0 saturated carbocycles. The third kappa shape index (κ3) is 5.62. The van der Waals surface area contributed by atoms with Crippen LogP contribution < -0.4 is 0 Å². The number of benzene rings is 1. The fraction of sp³-hybridized carbons (Fsp3) is 0.412. The quantitative estimate of drug-likeness (QED) is 0.376. The van der Waals surface area contributed by atoms with E-state index in [-0.39, 0.29) is 24.2 Å². The van der Waals surface area contributed by atoms with Gasteiger partial charge in [-0.1, -0.05) is 68.0 Å². The van der Waals surface area contributed by atoms with Crippen LogP contribution in [0, 0.1) is 5.41 Å². The maximum atomic E-state index is 11.3. The van der Waals surface area contributed by atoms with E-state index in [4.69, 9.17) is 14.3 Å². The monoisotopic (exact) mass is 386 g/mol. The van der Waals surface area contributed by atoms with E-state index >= 15 is 0 Å². The SMILES string of the molecule is CC1(CCCC(P(=O)(O)O)S(=O)(=O)O)C=CC(c2ccccc2)C=C1. The first kappa shape index (κ1) is 20.1. The van der Waals surface area contributed by atoms with Gasteiger partial charge in [0, 0.05) is 11.3 Å². The van der Waals surface area contributed by atoms with Gasteiger partial charge in [0.2, 0.25) is 0 Å². The predicted molar refractivity (Wildman–Crippen MR) is 96.8 cm³/mol. The van der Waals surface area contributed by atoms with Crippen LogP contribution in [0.1, 0.15) is 37.7 Å². The number of rotatable bonds is 7. The van der Waals surface area contributed by atoms with E-state index < -0.39 is 22.7 Å². The molecule has 0 fully saturated rings. The molecule has 1 aliphatic rings. The smallest absolute Gasteiger partial charge is 0.323 e. The molecule has 1 atom stereocenters. The molecule has 1 aromatic rings. The highest BCUT2D eigenvalue weighted by atomic mass is 32.2. The second-order valence-electron chi connectivity index (χ2n) is 6.61. The molecule has 0 saturated heterocycles. The van der Waals surface area contributed by atoms with Crippen molar-refractivity contribution in [3.63, 3.8) is 0 Å². The third-order valence-electron chi connectivity index (χ3n) is 4.44. The summed E-state index contributed by atoms with van der Waals surface area (Å²) in [6.45, 7) is 1.97. The highest BCUT2D eigenvalue weighted by Crippen LogP contribution is 2.47. The molecule has 25 heavy (non-hydrogen) atoms. The summed E-state index contributed by atoms with van der Waals surface area (Å²) in [5.74, 6) is 0.176. The Morgan fingerprint density at radius 2 is 1.72 bits per heavy atom. The van der Waals surface area contributed by atoms with Crippen LogP contribution in [0.3, 0.4) is 0 Å². The van der Waals surface area contributed by atoms with E-state index in [1.54, 1.807) is 0 Å². The van der Waals surface area contributed by atoms with E-state index in [2.05, 4.69) is 12.2 Å². The Morgan fingerprint density at radius 1 is 1.16 bits per heavy atom. The minimum atomic E-state index is -4.91. The Kier molecular flexibility index (Phi) is 6.07. The van der Waals surface area contributed by atoms with Gasteiger partial charge in [-0.15, -0.1) is 0 Å². The van der Waals surface area contributed by atoms with Crippen LogP contribution in [0.5, 0.6) is 0 Å². The van der Waals surface area contributed by atoms with Gasteiger partial charge in [0.15, 0.2) is 4.99 Å². The van der Waals surface area contributed by atoms with Crippen molar-refractivity contribution in [1.29, 1.82) is 0 Å². The van der Waals surface area contributed by atoms with Gasteiger partial charge in [0.25, 0.3) is 10.1 Å². The molecule has 1 aliphatic carbocycles. The summed E-state index contributed by atoms with van der Waals surface area (Å²) < 4.78 is 42.6. The van der Waals surface area contributed by atoms with Crippen molar-refractivity contribution in [2.45, 2.75) is 37.1 Å². The number of hydrogen-bond donors (Lipinski definition) is 3. The van der Waals surface area contributed by atoms with E-state index in [1.807, 2.05) is 49.4 Å². The summed E-state index contributed by atoms with van der Waals surface area (Å²) in [7, 11) is -9.70. The summed E-state index contributed by atoms with van der Waals surface area (Å²) in [6, 6.07) is 9.98. The summed E-state index contributed by atoms with van der Waals surface area (Å²) >= 11 is 0. The molecule has 8 heteroatoms. The zero-order valence-corrected chi connectivity index (χ0v) is 15.6. The van der Waals surface area contributed by atoms with Crippen molar-refractivity contribution >= 4 is 17.7 Å². The van der Waals surface area contributed by atoms with Crippen molar-refractivity contribution in [1.82, 2.24) is 0 Å². The lowest BCUT2D eigenvalue weighted by Gasteiger charge is -2.27. The fourth-order valence-electron chi connectivity index (χ4n) is 2.98.